The van der Waals surface area contributed by atoms with Gasteiger partial charge in [-0.3, -0.25) is 0 Å². The van der Waals surface area contributed by atoms with Crippen molar-refractivity contribution in [3.05, 3.63) is 35.1 Å². The van der Waals surface area contributed by atoms with Crippen LogP contribution in [0.4, 0.5) is 4.39 Å². The lowest BCUT2D eigenvalue weighted by Crippen LogP contribution is -2.15. The molecule has 0 aromatic heterocycles. The number of nitrogens with one attached hydrogen (secondary N) is 1. The smallest absolute Gasteiger partial charge is 0.123 e. The third-order valence-corrected chi connectivity index (χ3v) is 2.62. The van der Waals surface area contributed by atoms with Crippen molar-refractivity contribution in [2.24, 2.45) is 0 Å². The van der Waals surface area contributed by atoms with Gasteiger partial charge in [0.1, 0.15) is 5.82 Å². The van der Waals surface area contributed by atoms with E-state index in [1.54, 1.807) is 6.07 Å². The summed E-state index contributed by atoms with van der Waals surface area (Å²) >= 11 is 5.57. The Hall–Kier alpha value is -0.600. The van der Waals surface area contributed by atoms with Crippen LogP contribution < -0.4 is 5.32 Å². The van der Waals surface area contributed by atoms with E-state index in [4.69, 9.17) is 11.6 Å². The molecule has 0 unspecified atom stereocenters. The maximum atomic E-state index is 12.8. The molecule has 0 saturated heterocycles. The maximum Gasteiger partial charge on any atom is 0.123 e. The number of unbranched alkanes of at least 4 members (excludes halogenated alkanes) is 1. The molecule has 0 heterocycles. The van der Waals surface area contributed by atoms with Crippen LogP contribution in [0.15, 0.2) is 18.2 Å². The van der Waals surface area contributed by atoms with E-state index >= 15 is 0 Å². The lowest BCUT2D eigenvalue weighted by molar-refractivity contribution is 0.619. The van der Waals surface area contributed by atoms with E-state index in [-0.39, 0.29) is 5.82 Å². The largest absolute Gasteiger partial charge is 0.313 e. The van der Waals surface area contributed by atoms with Crippen molar-refractivity contribution >= 4 is 11.6 Å². The van der Waals surface area contributed by atoms with Crippen LogP contribution >= 0.6 is 11.6 Å². The summed E-state index contributed by atoms with van der Waals surface area (Å²) in [4.78, 5) is 0. The normalized spacial score (nSPS) is 10.6. The van der Waals surface area contributed by atoms with Gasteiger partial charge in [0.05, 0.1) is 0 Å². The van der Waals surface area contributed by atoms with Crippen LogP contribution in [0.25, 0.3) is 0 Å². The number of halogens is 2. The minimum Gasteiger partial charge on any atom is -0.313 e. The van der Waals surface area contributed by atoms with Crippen LogP contribution in [0, 0.1) is 12.7 Å². The second-order valence-corrected chi connectivity index (χ2v) is 4.02. The third-order valence-electron chi connectivity index (χ3n) is 2.36. The highest BCUT2D eigenvalue weighted by atomic mass is 35.5. The highest BCUT2D eigenvalue weighted by molar-refractivity contribution is 6.17. The average Bonchev–Trinajstić information content (AvgIpc) is 2.20. The van der Waals surface area contributed by atoms with Gasteiger partial charge >= 0.3 is 0 Å². The predicted molar refractivity (Wildman–Crippen MR) is 62.8 cm³/mol. The average molecular weight is 230 g/mol. The highest BCUT2D eigenvalue weighted by Gasteiger charge is 1.99. The number of alkyl halides is 1. The van der Waals surface area contributed by atoms with Crippen molar-refractivity contribution in [3.63, 3.8) is 0 Å². The van der Waals surface area contributed by atoms with Crippen molar-refractivity contribution in [3.8, 4) is 0 Å². The summed E-state index contributed by atoms with van der Waals surface area (Å²) in [5.74, 6) is 0.551. The number of rotatable bonds is 6. The Labute approximate surface area is 95.6 Å². The highest BCUT2D eigenvalue weighted by Crippen LogP contribution is 2.09. The first kappa shape index (κ1) is 12.5. The Morgan fingerprint density at radius 3 is 2.80 bits per heavy atom. The Balaban J connectivity index is 2.31. The van der Waals surface area contributed by atoms with E-state index in [0.717, 1.165) is 42.9 Å². The number of benzene rings is 1. The van der Waals surface area contributed by atoms with E-state index in [0.29, 0.717) is 0 Å². The van der Waals surface area contributed by atoms with Crippen LogP contribution in [0.5, 0.6) is 0 Å². The van der Waals surface area contributed by atoms with Crippen molar-refractivity contribution in [2.75, 3.05) is 12.4 Å². The first-order valence-electron chi connectivity index (χ1n) is 5.25. The van der Waals surface area contributed by atoms with Gasteiger partial charge in [-0.05, 0) is 49.6 Å². The van der Waals surface area contributed by atoms with E-state index in [2.05, 4.69) is 5.32 Å². The molecule has 0 radical (unpaired) electrons. The fourth-order valence-electron chi connectivity index (χ4n) is 1.43. The van der Waals surface area contributed by atoms with Gasteiger partial charge in [-0.25, -0.2) is 4.39 Å². The van der Waals surface area contributed by atoms with Gasteiger partial charge in [-0.15, -0.1) is 11.6 Å². The lowest BCUT2D eigenvalue weighted by atomic mass is 10.1. The molecule has 1 aromatic carbocycles. The number of hydrogen-bond donors (Lipinski definition) is 1. The number of hydrogen-bond acceptors (Lipinski definition) is 1. The van der Waals surface area contributed by atoms with Gasteiger partial charge in [0, 0.05) is 12.4 Å². The molecule has 3 heteroatoms. The van der Waals surface area contributed by atoms with Gasteiger partial charge in [0.2, 0.25) is 0 Å². The molecule has 0 spiro atoms. The van der Waals surface area contributed by atoms with Crippen LogP contribution in [0.2, 0.25) is 0 Å². The molecule has 0 aliphatic carbocycles. The van der Waals surface area contributed by atoms with Gasteiger partial charge in [-0.2, -0.15) is 0 Å². The van der Waals surface area contributed by atoms with Crippen LogP contribution in [-0.4, -0.2) is 12.4 Å². The Bertz CT molecular complexity index is 302. The Morgan fingerprint density at radius 2 is 2.13 bits per heavy atom. The van der Waals surface area contributed by atoms with Crippen LogP contribution in [-0.2, 0) is 6.54 Å². The van der Waals surface area contributed by atoms with E-state index < -0.39 is 0 Å². The zero-order chi connectivity index (χ0) is 11.1. The molecule has 0 fully saturated rings. The molecule has 1 nitrogen and oxygen atoms in total. The maximum absolute atomic E-state index is 12.8. The molecular weight excluding hydrogens is 213 g/mol. The molecule has 1 N–H and O–H groups in total. The van der Waals surface area contributed by atoms with Crippen molar-refractivity contribution in [1.29, 1.82) is 0 Å². The summed E-state index contributed by atoms with van der Waals surface area (Å²) in [5, 5.41) is 3.32. The molecule has 1 aromatic rings. The summed E-state index contributed by atoms with van der Waals surface area (Å²) in [6, 6.07) is 4.90. The standard InChI is InChI=1S/C12H17ClFN/c1-10-8-12(14)5-4-11(10)9-15-7-3-2-6-13/h4-5,8,15H,2-3,6-7,9H2,1H3. The zero-order valence-corrected chi connectivity index (χ0v) is 9.78. The fraction of sp³-hybridized carbons (Fsp3) is 0.500. The minimum absolute atomic E-state index is 0.168. The van der Waals surface area contributed by atoms with Crippen molar-refractivity contribution < 1.29 is 4.39 Å². The fourth-order valence-corrected chi connectivity index (χ4v) is 1.61. The molecule has 0 bridgehead atoms. The molecule has 1 rings (SSSR count). The molecule has 0 aliphatic rings. The summed E-state index contributed by atoms with van der Waals surface area (Å²) in [7, 11) is 0. The molecule has 84 valence electrons. The molecule has 15 heavy (non-hydrogen) atoms. The van der Waals surface area contributed by atoms with E-state index in [9.17, 15) is 4.39 Å². The second kappa shape index (κ2) is 6.81. The molecule has 0 amide bonds. The van der Waals surface area contributed by atoms with E-state index in [1.807, 2.05) is 13.0 Å². The van der Waals surface area contributed by atoms with Gasteiger partial charge in [0.15, 0.2) is 0 Å². The molecule has 0 atom stereocenters. The van der Waals surface area contributed by atoms with E-state index in [1.165, 1.54) is 6.07 Å². The molecule has 0 saturated carbocycles. The Morgan fingerprint density at radius 1 is 1.33 bits per heavy atom. The third kappa shape index (κ3) is 4.63. The lowest BCUT2D eigenvalue weighted by Gasteiger charge is -2.07. The first-order chi connectivity index (χ1) is 7.24. The van der Waals surface area contributed by atoms with Crippen LogP contribution in [0.1, 0.15) is 24.0 Å². The summed E-state index contributed by atoms with van der Waals surface area (Å²) < 4.78 is 12.8. The van der Waals surface area contributed by atoms with Crippen molar-refractivity contribution in [1.82, 2.24) is 5.32 Å². The Kier molecular flexibility index (Phi) is 5.66. The summed E-state index contributed by atoms with van der Waals surface area (Å²) in [6.45, 7) is 3.69. The zero-order valence-electron chi connectivity index (χ0n) is 9.02. The molecular formula is C12H17ClFN. The summed E-state index contributed by atoms with van der Waals surface area (Å²) in [5.41, 5.74) is 2.15. The monoisotopic (exact) mass is 229 g/mol. The quantitative estimate of drug-likeness (QED) is 0.583. The van der Waals surface area contributed by atoms with Gasteiger partial charge in [-0.1, -0.05) is 6.07 Å². The summed E-state index contributed by atoms with van der Waals surface area (Å²) in [6.07, 6.45) is 2.13. The minimum atomic E-state index is -0.168. The SMILES string of the molecule is Cc1cc(F)ccc1CNCCCCCl. The topological polar surface area (TPSA) is 12.0 Å². The van der Waals surface area contributed by atoms with Gasteiger partial charge in [0.25, 0.3) is 0 Å². The molecule has 0 aliphatic heterocycles. The van der Waals surface area contributed by atoms with Gasteiger partial charge < -0.3 is 5.32 Å². The van der Waals surface area contributed by atoms with Crippen molar-refractivity contribution in [2.45, 2.75) is 26.3 Å². The van der Waals surface area contributed by atoms with Crippen LogP contribution in [0.3, 0.4) is 0 Å². The number of aryl methyl sites for hydroxylation is 1. The first-order valence-corrected chi connectivity index (χ1v) is 5.79. The second-order valence-electron chi connectivity index (χ2n) is 3.64. The predicted octanol–water partition coefficient (Wildman–Crippen LogP) is 3.24.